The standard InChI is InChI=1S/C26H18ClF6N5O2/c1-2-38-19-10-18(27)16(22(39)37-24(12-35)6-7-24)9-15(19)17(11-34)20(38)23(40)36-21(26(31,32)33)13-4-3-5-14(8-13)25(28,29)30/h3-5,8-10,21H,2,6-7H2,1H3,(H,36,40)(H,37,39). The van der Waals surface area contributed by atoms with Crippen molar-refractivity contribution in [2.45, 2.75) is 50.2 Å². The summed E-state index contributed by atoms with van der Waals surface area (Å²) < 4.78 is 82.6. The number of alkyl halides is 6. The molecule has 7 nitrogen and oxygen atoms in total. The van der Waals surface area contributed by atoms with Crippen LogP contribution in [0.4, 0.5) is 26.3 Å². The Labute approximate surface area is 227 Å². The van der Waals surface area contributed by atoms with Crippen LogP contribution in [0, 0.1) is 22.7 Å². The predicted octanol–water partition coefficient (Wildman–Crippen LogP) is 6.02. The van der Waals surface area contributed by atoms with Crippen molar-refractivity contribution < 1.29 is 35.9 Å². The van der Waals surface area contributed by atoms with Gasteiger partial charge in [0, 0.05) is 11.9 Å². The Bertz CT molecular complexity index is 1610. The summed E-state index contributed by atoms with van der Waals surface area (Å²) in [5.74, 6) is -2.09. The number of nitrogens with zero attached hydrogens (tertiary/aromatic N) is 3. The Morgan fingerprint density at radius 1 is 1.10 bits per heavy atom. The van der Waals surface area contributed by atoms with Crippen LogP contribution in [0.5, 0.6) is 0 Å². The van der Waals surface area contributed by atoms with E-state index in [1.807, 2.05) is 6.07 Å². The van der Waals surface area contributed by atoms with Crippen molar-refractivity contribution in [3.8, 4) is 12.1 Å². The molecular formula is C26H18ClF6N5O2. The molecule has 0 bridgehead atoms. The van der Waals surface area contributed by atoms with Gasteiger partial charge in [0.2, 0.25) is 0 Å². The number of carbonyl (C=O) groups excluding carboxylic acids is 2. The van der Waals surface area contributed by atoms with Crippen molar-refractivity contribution in [2.75, 3.05) is 0 Å². The number of aromatic nitrogens is 1. The first-order valence-electron chi connectivity index (χ1n) is 11.7. The zero-order chi connectivity index (χ0) is 29.6. The second-order valence-electron chi connectivity index (χ2n) is 9.15. The van der Waals surface area contributed by atoms with Crippen molar-refractivity contribution >= 4 is 34.3 Å². The Hall–Kier alpha value is -4.23. The second kappa shape index (κ2) is 10.1. The summed E-state index contributed by atoms with van der Waals surface area (Å²) in [6.45, 7) is 1.53. The molecule has 0 spiro atoms. The Balaban J connectivity index is 1.79. The number of hydrogen-bond donors (Lipinski definition) is 2. The van der Waals surface area contributed by atoms with E-state index in [0.717, 1.165) is 12.1 Å². The third-order valence-corrected chi connectivity index (χ3v) is 6.82. The van der Waals surface area contributed by atoms with E-state index in [9.17, 15) is 46.5 Å². The van der Waals surface area contributed by atoms with Gasteiger partial charge in [-0.05, 0) is 49.6 Å². The molecule has 2 aromatic carbocycles. The van der Waals surface area contributed by atoms with Crippen LogP contribution in [-0.2, 0) is 12.7 Å². The fraction of sp³-hybridized carbons (Fsp3) is 0.308. The Kier molecular flexibility index (Phi) is 7.24. The van der Waals surface area contributed by atoms with E-state index in [1.54, 1.807) is 18.3 Å². The molecule has 2 amide bonds. The van der Waals surface area contributed by atoms with Crippen LogP contribution in [-0.4, -0.2) is 28.1 Å². The molecular weight excluding hydrogens is 564 g/mol. The molecule has 2 N–H and O–H groups in total. The highest BCUT2D eigenvalue weighted by Crippen LogP contribution is 2.38. The number of carbonyl (C=O) groups is 2. The monoisotopic (exact) mass is 581 g/mol. The molecule has 14 heteroatoms. The maximum absolute atomic E-state index is 14.0. The van der Waals surface area contributed by atoms with E-state index < -0.39 is 52.6 Å². The van der Waals surface area contributed by atoms with Gasteiger partial charge in [-0.3, -0.25) is 9.59 Å². The van der Waals surface area contributed by atoms with Crippen molar-refractivity contribution in [1.82, 2.24) is 15.2 Å². The molecule has 1 heterocycles. The highest BCUT2D eigenvalue weighted by atomic mass is 35.5. The quantitative estimate of drug-likeness (QED) is 0.347. The maximum atomic E-state index is 14.0. The molecule has 1 saturated carbocycles. The second-order valence-corrected chi connectivity index (χ2v) is 9.56. The Morgan fingerprint density at radius 3 is 2.30 bits per heavy atom. The smallest absolute Gasteiger partial charge is 0.336 e. The molecule has 4 rings (SSSR count). The molecule has 1 atom stereocenters. The number of amides is 2. The van der Waals surface area contributed by atoms with Gasteiger partial charge in [-0.1, -0.05) is 23.7 Å². The topological polar surface area (TPSA) is 111 Å². The number of rotatable bonds is 6. The minimum absolute atomic E-state index is 0.0133. The van der Waals surface area contributed by atoms with Gasteiger partial charge in [0.1, 0.15) is 17.3 Å². The summed E-state index contributed by atoms with van der Waals surface area (Å²) in [4.78, 5) is 26.1. The fourth-order valence-electron chi connectivity index (χ4n) is 4.34. The minimum atomic E-state index is -5.19. The number of nitrogens with one attached hydrogen (secondary N) is 2. The zero-order valence-electron chi connectivity index (χ0n) is 20.5. The third kappa shape index (κ3) is 5.29. The van der Waals surface area contributed by atoms with Crippen LogP contribution in [0.25, 0.3) is 10.9 Å². The lowest BCUT2D eigenvalue weighted by molar-refractivity contribution is -0.156. The highest BCUT2D eigenvalue weighted by Gasteiger charge is 2.45. The van der Waals surface area contributed by atoms with Gasteiger partial charge in [-0.25, -0.2) is 0 Å². The number of benzene rings is 2. The molecule has 0 radical (unpaired) electrons. The van der Waals surface area contributed by atoms with Crippen LogP contribution in [0.3, 0.4) is 0 Å². The minimum Gasteiger partial charge on any atom is -0.336 e. The number of aryl methyl sites for hydroxylation is 1. The zero-order valence-corrected chi connectivity index (χ0v) is 21.2. The van der Waals surface area contributed by atoms with Gasteiger partial charge in [0.15, 0.2) is 6.04 Å². The SMILES string of the molecule is CCn1c(C(=O)NC(c2cccc(C(F)(F)F)c2)C(F)(F)F)c(C#N)c2cc(C(=O)NC3(C#N)CC3)c(Cl)cc21. The lowest BCUT2D eigenvalue weighted by Gasteiger charge is -2.23. The van der Waals surface area contributed by atoms with Gasteiger partial charge in [0.05, 0.1) is 33.3 Å². The van der Waals surface area contributed by atoms with E-state index >= 15 is 0 Å². The summed E-state index contributed by atoms with van der Waals surface area (Å²) in [5.41, 5.74) is -4.05. The molecule has 3 aromatic rings. The number of hydrogen-bond acceptors (Lipinski definition) is 4. The van der Waals surface area contributed by atoms with Gasteiger partial charge >= 0.3 is 12.4 Å². The van der Waals surface area contributed by atoms with Gasteiger partial charge in [-0.2, -0.15) is 36.9 Å². The summed E-state index contributed by atoms with van der Waals surface area (Å²) in [6.07, 6.45) is -9.25. The van der Waals surface area contributed by atoms with E-state index in [0.29, 0.717) is 18.9 Å². The summed E-state index contributed by atoms with van der Waals surface area (Å²) >= 11 is 6.30. The lowest BCUT2D eigenvalue weighted by Crippen LogP contribution is -2.39. The van der Waals surface area contributed by atoms with Crippen molar-refractivity contribution in [3.05, 3.63) is 69.4 Å². The van der Waals surface area contributed by atoms with Crippen molar-refractivity contribution in [3.63, 3.8) is 0 Å². The molecule has 1 aliphatic rings. The van der Waals surface area contributed by atoms with Gasteiger partial charge in [0.25, 0.3) is 11.8 Å². The lowest BCUT2D eigenvalue weighted by atomic mass is 10.0. The number of nitriles is 2. The van der Waals surface area contributed by atoms with Crippen LogP contribution in [0.15, 0.2) is 36.4 Å². The number of halogens is 7. The van der Waals surface area contributed by atoms with Gasteiger partial charge < -0.3 is 15.2 Å². The molecule has 0 saturated heterocycles. The summed E-state index contributed by atoms with van der Waals surface area (Å²) in [7, 11) is 0. The molecule has 0 aliphatic heterocycles. The fourth-order valence-corrected chi connectivity index (χ4v) is 4.59. The third-order valence-electron chi connectivity index (χ3n) is 6.51. The molecule has 208 valence electrons. The molecule has 1 fully saturated rings. The van der Waals surface area contributed by atoms with E-state index in [4.69, 9.17) is 11.6 Å². The molecule has 1 aromatic heterocycles. The molecule has 1 unspecified atom stereocenters. The van der Waals surface area contributed by atoms with E-state index in [2.05, 4.69) is 5.32 Å². The average Bonchev–Trinajstić information content (AvgIpc) is 3.58. The first kappa shape index (κ1) is 28.8. The van der Waals surface area contributed by atoms with E-state index in [-0.39, 0.29) is 39.7 Å². The average molecular weight is 582 g/mol. The van der Waals surface area contributed by atoms with Crippen LogP contribution in [0.1, 0.15) is 63.3 Å². The van der Waals surface area contributed by atoms with Crippen molar-refractivity contribution in [2.24, 2.45) is 0 Å². The Morgan fingerprint density at radius 2 is 1.77 bits per heavy atom. The van der Waals surface area contributed by atoms with E-state index in [1.165, 1.54) is 16.7 Å². The summed E-state index contributed by atoms with van der Waals surface area (Å²) in [5, 5.41) is 23.3. The van der Waals surface area contributed by atoms with Gasteiger partial charge in [-0.15, -0.1) is 0 Å². The van der Waals surface area contributed by atoms with Crippen LogP contribution < -0.4 is 10.6 Å². The van der Waals surface area contributed by atoms with Crippen molar-refractivity contribution in [1.29, 1.82) is 10.5 Å². The predicted molar refractivity (Wildman–Crippen MR) is 130 cm³/mol. The first-order chi connectivity index (χ1) is 18.7. The largest absolute Gasteiger partial charge is 0.416 e. The van der Waals surface area contributed by atoms with Crippen LogP contribution >= 0.6 is 11.6 Å². The summed E-state index contributed by atoms with van der Waals surface area (Å²) in [6, 6.07) is 5.88. The van der Waals surface area contributed by atoms with Crippen LogP contribution in [0.2, 0.25) is 5.02 Å². The maximum Gasteiger partial charge on any atom is 0.416 e. The normalized spacial score (nSPS) is 15.2. The number of fused-ring (bicyclic) bond motifs is 1. The molecule has 40 heavy (non-hydrogen) atoms. The first-order valence-corrected chi connectivity index (χ1v) is 12.1. The highest BCUT2D eigenvalue weighted by molar-refractivity contribution is 6.35. The molecule has 1 aliphatic carbocycles.